The Kier molecular flexibility index (Phi) is 4.03. The molecule has 1 heterocycles. The van der Waals surface area contributed by atoms with Crippen molar-refractivity contribution in [3.05, 3.63) is 35.4 Å². The van der Waals surface area contributed by atoms with E-state index in [2.05, 4.69) is 30.9 Å². The summed E-state index contributed by atoms with van der Waals surface area (Å²) in [5.74, 6) is 0. The fourth-order valence-corrected chi connectivity index (χ4v) is 3.02. The Morgan fingerprint density at radius 3 is 2.78 bits per heavy atom. The van der Waals surface area contributed by atoms with Gasteiger partial charge in [-0.25, -0.2) is 0 Å². The summed E-state index contributed by atoms with van der Waals surface area (Å²) in [5.41, 5.74) is 8.49. The topological polar surface area (TPSA) is 29.3 Å². The smallest absolute Gasteiger partial charge is 0.104 e. The number of piperidine rings is 1. The lowest BCUT2D eigenvalue weighted by Crippen LogP contribution is -2.39. The van der Waals surface area contributed by atoms with Gasteiger partial charge in [0.25, 0.3) is 0 Å². The zero-order chi connectivity index (χ0) is 13.2. The van der Waals surface area contributed by atoms with Gasteiger partial charge in [-0.05, 0) is 30.4 Å². The Labute approximate surface area is 115 Å². The van der Waals surface area contributed by atoms with Crippen molar-refractivity contribution in [3.63, 3.8) is 0 Å². The van der Waals surface area contributed by atoms with E-state index in [0.29, 0.717) is 10.4 Å². The van der Waals surface area contributed by atoms with Crippen LogP contribution in [-0.2, 0) is 6.54 Å². The summed E-state index contributed by atoms with van der Waals surface area (Å²) in [6.07, 6.45) is 2.60. The molecule has 0 aliphatic carbocycles. The number of benzene rings is 1. The molecule has 18 heavy (non-hydrogen) atoms. The van der Waals surface area contributed by atoms with Crippen molar-refractivity contribution in [2.75, 3.05) is 13.1 Å². The normalized spacial score (nSPS) is 19.7. The van der Waals surface area contributed by atoms with E-state index in [0.717, 1.165) is 18.7 Å². The highest BCUT2D eigenvalue weighted by atomic mass is 32.1. The molecule has 1 aromatic rings. The molecule has 1 aliphatic heterocycles. The number of hydrogen-bond donors (Lipinski definition) is 1. The van der Waals surface area contributed by atoms with E-state index in [4.69, 9.17) is 18.0 Å². The summed E-state index contributed by atoms with van der Waals surface area (Å²) in [6, 6.07) is 8.22. The minimum absolute atomic E-state index is 0.427. The van der Waals surface area contributed by atoms with E-state index in [-0.39, 0.29) is 0 Å². The van der Waals surface area contributed by atoms with Crippen molar-refractivity contribution in [2.45, 2.75) is 33.2 Å². The van der Waals surface area contributed by atoms with Crippen molar-refractivity contribution < 1.29 is 0 Å². The maximum absolute atomic E-state index is 5.79. The first-order chi connectivity index (χ1) is 8.48. The maximum atomic E-state index is 5.79. The van der Waals surface area contributed by atoms with Gasteiger partial charge in [0.05, 0.1) is 0 Å². The van der Waals surface area contributed by atoms with E-state index >= 15 is 0 Å². The van der Waals surface area contributed by atoms with Gasteiger partial charge in [0.2, 0.25) is 0 Å². The first-order valence-corrected chi connectivity index (χ1v) is 6.99. The number of hydrogen-bond acceptors (Lipinski definition) is 2. The SMILES string of the molecule is CC1(C)CCCN(Cc2ccccc2C(N)=S)C1. The quantitative estimate of drug-likeness (QED) is 0.849. The number of nitrogens with zero attached hydrogens (tertiary/aromatic N) is 1. The van der Waals surface area contributed by atoms with E-state index < -0.39 is 0 Å². The van der Waals surface area contributed by atoms with Crippen molar-refractivity contribution >= 4 is 17.2 Å². The van der Waals surface area contributed by atoms with Crippen LogP contribution >= 0.6 is 12.2 Å². The van der Waals surface area contributed by atoms with Crippen molar-refractivity contribution in [2.24, 2.45) is 11.1 Å². The molecule has 3 heteroatoms. The van der Waals surface area contributed by atoms with Gasteiger partial charge in [-0.3, -0.25) is 4.90 Å². The van der Waals surface area contributed by atoms with E-state index in [9.17, 15) is 0 Å². The number of nitrogens with two attached hydrogens (primary N) is 1. The molecular formula is C15H22N2S. The average molecular weight is 262 g/mol. The van der Waals surface area contributed by atoms with Gasteiger partial charge in [-0.1, -0.05) is 50.3 Å². The Morgan fingerprint density at radius 2 is 2.11 bits per heavy atom. The fourth-order valence-electron chi connectivity index (χ4n) is 2.82. The van der Waals surface area contributed by atoms with Crippen LogP contribution in [0.25, 0.3) is 0 Å². The minimum atomic E-state index is 0.427. The van der Waals surface area contributed by atoms with E-state index in [1.165, 1.54) is 24.9 Å². The molecule has 2 nitrogen and oxygen atoms in total. The third-order valence-electron chi connectivity index (χ3n) is 3.66. The monoisotopic (exact) mass is 262 g/mol. The molecule has 2 rings (SSSR count). The maximum Gasteiger partial charge on any atom is 0.104 e. The molecule has 0 atom stereocenters. The summed E-state index contributed by atoms with van der Waals surface area (Å²) in [6.45, 7) is 7.97. The average Bonchev–Trinajstić information content (AvgIpc) is 2.28. The van der Waals surface area contributed by atoms with Crippen LogP contribution in [0, 0.1) is 5.41 Å². The molecule has 1 aromatic carbocycles. The molecule has 1 fully saturated rings. The molecule has 0 aromatic heterocycles. The van der Waals surface area contributed by atoms with Gasteiger partial charge in [0, 0.05) is 18.7 Å². The van der Waals surface area contributed by atoms with Crippen LogP contribution in [0.4, 0.5) is 0 Å². The van der Waals surface area contributed by atoms with E-state index in [1.807, 2.05) is 12.1 Å². The van der Waals surface area contributed by atoms with Crippen LogP contribution in [0.2, 0.25) is 0 Å². The summed E-state index contributed by atoms with van der Waals surface area (Å²) < 4.78 is 0. The van der Waals surface area contributed by atoms with Crippen LogP contribution in [0.1, 0.15) is 37.8 Å². The van der Waals surface area contributed by atoms with Crippen LogP contribution in [0.3, 0.4) is 0 Å². The molecule has 2 N–H and O–H groups in total. The molecule has 1 aliphatic rings. The van der Waals surface area contributed by atoms with Gasteiger partial charge in [-0.2, -0.15) is 0 Å². The standard InChI is InChI=1S/C15H22N2S/c1-15(2)8-5-9-17(11-15)10-12-6-3-4-7-13(12)14(16)18/h3-4,6-7H,5,8-11H2,1-2H3,(H2,16,18). The van der Waals surface area contributed by atoms with Crippen LogP contribution in [0.5, 0.6) is 0 Å². The second-order valence-corrected chi connectivity index (χ2v) is 6.44. The summed E-state index contributed by atoms with van der Waals surface area (Å²) >= 11 is 5.12. The van der Waals surface area contributed by atoms with Gasteiger partial charge < -0.3 is 5.73 Å². The lowest BCUT2D eigenvalue weighted by atomic mass is 9.84. The zero-order valence-electron chi connectivity index (χ0n) is 11.3. The first-order valence-electron chi connectivity index (χ1n) is 6.58. The van der Waals surface area contributed by atoms with Crippen LogP contribution in [0.15, 0.2) is 24.3 Å². The second-order valence-electron chi connectivity index (χ2n) is 6.00. The van der Waals surface area contributed by atoms with Gasteiger partial charge >= 0.3 is 0 Å². The molecule has 0 amide bonds. The summed E-state index contributed by atoms with van der Waals surface area (Å²) in [7, 11) is 0. The molecule has 0 saturated carbocycles. The van der Waals surface area contributed by atoms with Crippen LogP contribution < -0.4 is 5.73 Å². The molecule has 0 radical (unpaired) electrons. The first kappa shape index (κ1) is 13.5. The van der Waals surface area contributed by atoms with Crippen molar-refractivity contribution in [1.82, 2.24) is 4.90 Å². The summed E-state index contributed by atoms with van der Waals surface area (Å²) in [4.78, 5) is 3.02. The van der Waals surface area contributed by atoms with Gasteiger partial charge in [0.1, 0.15) is 4.99 Å². The van der Waals surface area contributed by atoms with E-state index in [1.54, 1.807) is 0 Å². The Hall–Kier alpha value is -0.930. The molecular weight excluding hydrogens is 240 g/mol. The highest BCUT2D eigenvalue weighted by Gasteiger charge is 2.26. The van der Waals surface area contributed by atoms with Crippen LogP contribution in [-0.4, -0.2) is 23.0 Å². The zero-order valence-corrected chi connectivity index (χ0v) is 12.1. The molecule has 0 unspecified atom stereocenters. The lowest BCUT2D eigenvalue weighted by molar-refractivity contribution is 0.111. The predicted molar refractivity (Wildman–Crippen MR) is 80.6 cm³/mol. The van der Waals surface area contributed by atoms with Crippen molar-refractivity contribution in [3.8, 4) is 0 Å². The third-order valence-corrected chi connectivity index (χ3v) is 3.88. The number of thiocarbonyl (C=S) groups is 1. The number of likely N-dealkylation sites (tertiary alicyclic amines) is 1. The Morgan fingerprint density at radius 1 is 1.39 bits per heavy atom. The number of rotatable bonds is 3. The fraction of sp³-hybridized carbons (Fsp3) is 0.533. The third kappa shape index (κ3) is 3.30. The highest BCUT2D eigenvalue weighted by Crippen LogP contribution is 2.29. The highest BCUT2D eigenvalue weighted by molar-refractivity contribution is 7.80. The van der Waals surface area contributed by atoms with Crippen molar-refractivity contribution in [1.29, 1.82) is 0 Å². The second kappa shape index (κ2) is 5.37. The van der Waals surface area contributed by atoms with Gasteiger partial charge in [-0.15, -0.1) is 0 Å². The Balaban J connectivity index is 2.12. The molecule has 1 saturated heterocycles. The lowest BCUT2D eigenvalue weighted by Gasteiger charge is -2.38. The molecule has 98 valence electrons. The predicted octanol–water partition coefficient (Wildman–Crippen LogP) is 2.94. The Bertz CT molecular complexity index is 440. The molecule has 0 spiro atoms. The molecule has 0 bridgehead atoms. The van der Waals surface area contributed by atoms with Gasteiger partial charge in [0.15, 0.2) is 0 Å². The largest absolute Gasteiger partial charge is 0.389 e. The summed E-state index contributed by atoms with van der Waals surface area (Å²) in [5, 5.41) is 0. The minimum Gasteiger partial charge on any atom is -0.389 e.